The second-order valence-corrected chi connectivity index (χ2v) is 7.59. The molecule has 1 aliphatic carbocycles. The van der Waals surface area contributed by atoms with E-state index in [1.165, 1.54) is 25.7 Å². The zero-order valence-corrected chi connectivity index (χ0v) is 11.5. The molecular weight excluding hydrogens is 222 g/mol. The van der Waals surface area contributed by atoms with Crippen LogP contribution < -0.4 is 0 Å². The summed E-state index contributed by atoms with van der Waals surface area (Å²) in [6, 6.07) is 0. The van der Waals surface area contributed by atoms with Crippen LogP contribution in [0.5, 0.6) is 0 Å². The topological polar surface area (TPSA) is 30.7 Å². The molecule has 92 valence electrons. The molecule has 1 aliphatic heterocycles. The zero-order valence-electron chi connectivity index (χ0n) is 10.5. The second-order valence-electron chi connectivity index (χ2n) is 4.49. The van der Waals surface area contributed by atoms with Crippen LogP contribution in [0.2, 0.25) is 0 Å². The molecule has 0 spiro atoms. The molecule has 4 nitrogen and oxygen atoms in total. The predicted octanol–water partition coefficient (Wildman–Crippen LogP) is 1.20. The number of rotatable bonds is 4. The van der Waals surface area contributed by atoms with Gasteiger partial charge in [0.15, 0.2) is 5.71 Å². The molecular formula is C11H22NO3Si+. The number of hydrogen-bond acceptors (Lipinski definition) is 3. The van der Waals surface area contributed by atoms with Crippen molar-refractivity contribution in [2.24, 2.45) is 0 Å². The number of hydrogen-bond donors (Lipinski definition) is 0. The lowest BCUT2D eigenvalue weighted by atomic mass is 10.2. The van der Waals surface area contributed by atoms with Crippen LogP contribution in [0, 0.1) is 0 Å². The molecule has 16 heavy (non-hydrogen) atoms. The molecule has 5 heteroatoms. The van der Waals surface area contributed by atoms with Gasteiger partial charge in [-0.1, -0.05) is 0 Å². The predicted molar refractivity (Wildman–Crippen MR) is 63.8 cm³/mol. The lowest BCUT2D eigenvalue weighted by molar-refractivity contribution is -0.613. The quantitative estimate of drug-likeness (QED) is 0.550. The molecule has 1 saturated carbocycles. The largest absolute Gasteiger partial charge is 0.572 e. The van der Waals surface area contributed by atoms with E-state index in [9.17, 15) is 0 Å². The van der Waals surface area contributed by atoms with Gasteiger partial charge in [-0.05, 0) is 12.8 Å². The van der Waals surface area contributed by atoms with Crippen LogP contribution in [0.15, 0.2) is 0 Å². The Bertz CT molecular complexity index is 273. The molecule has 2 aliphatic rings. The maximum Gasteiger partial charge on any atom is 0.572 e. The van der Waals surface area contributed by atoms with Crippen LogP contribution in [-0.4, -0.2) is 52.6 Å². The van der Waals surface area contributed by atoms with E-state index in [1.807, 2.05) is 0 Å². The molecule has 0 radical (unpaired) electrons. The summed E-state index contributed by atoms with van der Waals surface area (Å²) in [5.74, 6) is 0. The van der Waals surface area contributed by atoms with Gasteiger partial charge in [-0.25, -0.2) is 4.58 Å². The summed E-state index contributed by atoms with van der Waals surface area (Å²) in [6.07, 6.45) is 6.29. The highest BCUT2D eigenvalue weighted by Gasteiger charge is 2.60. The van der Waals surface area contributed by atoms with Crippen molar-refractivity contribution in [1.29, 1.82) is 0 Å². The summed E-state index contributed by atoms with van der Waals surface area (Å²) >= 11 is 0. The fraction of sp³-hybridized carbons (Fsp3) is 0.909. The molecule has 1 atom stereocenters. The van der Waals surface area contributed by atoms with Crippen molar-refractivity contribution in [2.75, 3.05) is 27.9 Å². The van der Waals surface area contributed by atoms with Crippen LogP contribution >= 0.6 is 0 Å². The summed E-state index contributed by atoms with van der Waals surface area (Å²) in [7, 11) is 2.65. The summed E-state index contributed by atoms with van der Waals surface area (Å²) < 4.78 is 19.2. The molecule has 0 amide bonds. The van der Waals surface area contributed by atoms with Gasteiger partial charge in [-0.15, -0.1) is 0 Å². The molecule has 1 heterocycles. The summed E-state index contributed by atoms with van der Waals surface area (Å²) in [4.78, 5) is 0. The Morgan fingerprint density at radius 2 is 1.62 bits per heavy atom. The highest BCUT2D eigenvalue weighted by molar-refractivity contribution is 6.62. The van der Waals surface area contributed by atoms with E-state index in [-0.39, 0.29) is 0 Å². The first kappa shape index (κ1) is 12.2. The van der Waals surface area contributed by atoms with Gasteiger partial charge in [0.2, 0.25) is 5.67 Å². The van der Waals surface area contributed by atoms with Gasteiger partial charge >= 0.3 is 8.80 Å². The Morgan fingerprint density at radius 1 is 1.06 bits per heavy atom. The molecule has 0 aromatic rings. The van der Waals surface area contributed by atoms with Gasteiger partial charge in [0.05, 0.1) is 6.42 Å². The van der Waals surface area contributed by atoms with Crippen LogP contribution in [0.25, 0.3) is 0 Å². The minimum Gasteiger partial charge on any atom is -0.373 e. The third-order valence-electron chi connectivity index (χ3n) is 3.87. The van der Waals surface area contributed by atoms with E-state index in [0.717, 1.165) is 13.0 Å². The SMILES string of the molecule is CO[Si](OC)(OC)C1CC[N+]1=C1CCCC1. The zero-order chi connectivity index (χ0) is 11.6. The van der Waals surface area contributed by atoms with E-state index in [4.69, 9.17) is 13.3 Å². The van der Waals surface area contributed by atoms with E-state index in [0.29, 0.717) is 5.67 Å². The average Bonchev–Trinajstić information content (AvgIpc) is 2.77. The highest BCUT2D eigenvalue weighted by Crippen LogP contribution is 2.28. The normalized spacial score (nSPS) is 26.1. The minimum absolute atomic E-state index is 0.348. The Hall–Kier alpha value is -0.233. The van der Waals surface area contributed by atoms with Crippen LogP contribution in [0.3, 0.4) is 0 Å². The van der Waals surface area contributed by atoms with Crippen molar-refractivity contribution in [3.63, 3.8) is 0 Å². The van der Waals surface area contributed by atoms with Gasteiger partial charge in [0.1, 0.15) is 6.54 Å². The van der Waals surface area contributed by atoms with E-state index >= 15 is 0 Å². The molecule has 0 aromatic heterocycles. The van der Waals surface area contributed by atoms with Crippen LogP contribution in [0.1, 0.15) is 32.1 Å². The third-order valence-corrected chi connectivity index (χ3v) is 6.99. The summed E-state index contributed by atoms with van der Waals surface area (Å²) in [5.41, 5.74) is 1.93. The van der Waals surface area contributed by atoms with Gasteiger partial charge in [0.25, 0.3) is 0 Å². The molecule has 2 rings (SSSR count). The van der Waals surface area contributed by atoms with E-state index < -0.39 is 8.80 Å². The highest BCUT2D eigenvalue weighted by atomic mass is 28.4. The molecule has 1 saturated heterocycles. The maximum atomic E-state index is 5.57. The Labute approximate surface area is 98.6 Å². The van der Waals surface area contributed by atoms with Crippen LogP contribution in [0.4, 0.5) is 0 Å². The Balaban J connectivity index is 2.18. The molecule has 0 N–H and O–H groups in total. The van der Waals surface area contributed by atoms with Gasteiger partial charge in [-0.3, -0.25) is 0 Å². The standard InChI is InChI=1S/C11H22NO3Si/c1-13-16(14-2,15-3)11-8-9-12(11)10-6-4-5-7-10/h11H,4-9H2,1-3H3/q+1. The summed E-state index contributed by atoms with van der Waals surface area (Å²) in [5, 5.41) is 0. The van der Waals surface area contributed by atoms with E-state index in [2.05, 4.69) is 4.58 Å². The van der Waals surface area contributed by atoms with Crippen molar-refractivity contribution in [2.45, 2.75) is 37.8 Å². The van der Waals surface area contributed by atoms with Crippen molar-refractivity contribution in [3.8, 4) is 0 Å². The first-order valence-electron chi connectivity index (χ1n) is 6.04. The van der Waals surface area contributed by atoms with Crippen molar-refractivity contribution in [3.05, 3.63) is 0 Å². The first-order chi connectivity index (χ1) is 7.77. The van der Waals surface area contributed by atoms with Gasteiger partial charge < -0.3 is 13.3 Å². The lowest BCUT2D eigenvalue weighted by Gasteiger charge is -2.35. The number of nitrogens with zero attached hydrogens (tertiary/aromatic N) is 1. The second kappa shape index (κ2) is 4.95. The minimum atomic E-state index is -2.46. The lowest BCUT2D eigenvalue weighted by Crippen LogP contribution is -2.65. The van der Waals surface area contributed by atoms with Crippen molar-refractivity contribution >= 4 is 14.5 Å². The molecule has 1 unspecified atom stereocenters. The fourth-order valence-corrected chi connectivity index (χ4v) is 5.35. The third kappa shape index (κ3) is 1.86. The Morgan fingerprint density at radius 3 is 2.00 bits per heavy atom. The Kier molecular flexibility index (Phi) is 3.79. The smallest absolute Gasteiger partial charge is 0.373 e. The van der Waals surface area contributed by atoms with Crippen molar-refractivity contribution < 1.29 is 17.9 Å². The fourth-order valence-electron chi connectivity index (χ4n) is 2.86. The first-order valence-corrected chi connectivity index (χ1v) is 7.84. The molecule has 0 bridgehead atoms. The molecule has 0 aromatic carbocycles. The van der Waals surface area contributed by atoms with Gasteiger partial charge in [-0.2, -0.15) is 0 Å². The monoisotopic (exact) mass is 244 g/mol. The van der Waals surface area contributed by atoms with Crippen LogP contribution in [-0.2, 0) is 13.3 Å². The van der Waals surface area contributed by atoms with Gasteiger partial charge in [0, 0.05) is 34.2 Å². The average molecular weight is 244 g/mol. The maximum absolute atomic E-state index is 5.57. The van der Waals surface area contributed by atoms with Crippen molar-refractivity contribution in [1.82, 2.24) is 0 Å². The summed E-state index contributed by atoms with van der Waals surface area (Å²) in [6.45, 7) is 1.14. The van der Waals surface area contributed by atoms with E-state index in [1.54, 1.807) is 27.0 Å². The molecule has 2 fully saturated rings.